The van der Waals surface area contributed by atoms with Crippen molar-refractivity contribution in [2.45, 2.75) is 105 Å². The van der Waals surface area contributed by atoms with Crippen molar-refractivity contribution in [3.63, 3.8) is 0 Å². The molecule has 0 saturated heterocycles. The molecule has 0 N–H and O–H groups in total. The third kappa shape index (κ3) is 6.81. The van der Waals surface area contributed by atoms with E-state index in [2.05, 4.69) is 36.0 Å². The Morgan fingerprint density at radius 1 is 0.722 bits per heavy atom. The summed E-state index contributed by atoms with van der Waals surface area (Å²) in [6.45, 7) is 16.8. The minimum atomic E-state index is -0.877. The van der Waals surface area contributed by atoms with Gasteiger partial charge in [0, 0.05) is 0 Å². The van der Waals surface area contributed by atoms with E-state index in [1.165, 1.54) is 0 Å². The van der Waals surface area contributed by atoms with E-state index in [-0.39, 0.29) is 0 Å². The van der Waals surface area contributed by atoms with E-state index in [1.807, 2.05) is 41.5 Å². The maximum atomic E-state index is 9.96. The fourth-order valence-corrected chi connectivity index (χ4v) is 4.66. The quantitative estimate of drug-likeness (QED) is 0.238. The summed E-state index contributed by atoms with van der Waals surface area (Å²) in [7, 11) is 0. The van der Waals surface area contributed by atoms with Gasteiger partial charge in [-0.3, -0.25) is 0 Å². The molecule has 2 atom stereocenters. The van der Waals surface area contributed by atoms with E-state index in [1.54, 1.807) is 12.4 Å². The molecule has 0 aliphatic heterocycles. The predicted molar refractivity (Wildman–Crippen MR) is 137 cm³/mol. The molecule has 0 spiro atoms. The van der Waals surface area contributed by atoms with Gasteiger partial charge in [-0.15, -0.1) is 0 Å². The fourth-order valence-electron chi connectivity index (χ4n) is 4.66. The van der Waals surface area contributed by atoms with E-state index in [0.29, 0.717) is 49.7 Å². The zero-order valence-electron chi connectivity index (χ0n) is 23.2. The Kier molecular flexibility index (Phi) is 9.60. The second kappa shape index (κ2) is 11.8. The summed E-state index contributed by atoms with van der Waals surface area (Å²) in [6, 6.07) is 4.83. The molecule has 8 nitrogen and oxygen atoms in total. The number of hydrogen-bond acceptors (Lipinski definition) is 8. The van der Waals surface area contributed by atoms with Crippen LogP contribution in [-0.4, -0.2) is 23.2 Å². The van der Waals surface area contributed by atoms with Crippen molar-refractivity contribution in [3.8, 4) is 24.0 Å². The minimum absolute atomic E-state index is 0.331. The number of nitrogens with zero attached hydrogens (tertiary/aromatic N) is 4. The normalized spacial score (nSPS) is 15.4. The summed E-state index contributed by atoms with van der Waals surface area (Å²) in [5.41, 5.74) is -3.20. The van der Waals surface area contributed by atoms with Gasteiger partial charge in [-0.05, 0) is 67.2 Å². The molecule has 0 aliphatic carbocycles. The second-order valence-electron chi connectivity index (χ2n) is 11.4. The lowest BCUT2D eigenvalue weighted by molar-refractivity contribution is 0.0829. The highest BCUT2D eigenvalue weighted by atomic mass is 16.6. The molecule has 0 aromatic carbocycles. The highest BCUT2D eigenvalue weighted by molar-refractivity contribution is 5.27. The lowest BCUT2D eigenvalue weighted by Crippen LogP contribution is -2.50. The van der Waals surface area contributed by atoms with Crippen molar-refractivity contribution in [3.05, 3.63) is 24.2 Å². The maximum absolute atomic E-state index is 9.96. The third-order valence-electron chi connectivity index (χ3n) is 6.81. The Morgan fingerprint density at radius 2 is 1.08 bits per heavy atom. The van der Waals surface area contributed by atoms with Gasteiger partial charge in [0.1, 0.15) is 12.4 Å². The Morgan fingerprint density at radius 3 is 1.39 bits per heavy atom. The number of aromatic nitrogens is 2. The second-order valence-corrected chi connectivity index (χ2v) is 11.4. The van der Waals surface area contributed by atoms with Gasteiger partial charge in [0.15, 0.2) is 0 Å². The number of nitriles is 2. The van der Waals surface area contributed by atoms with E-state index in [0.717, 1.165) is 25.7 Å². The van der Waals surface area contributed by atoms with Gasteiger partial charge < -0.3 is 18.3 Å². The van der Waals surface area contributed by atoms with Crippen molar-refractivity contribution in [1.82, 2.24) is 9.97 Å². The molecule has 2 unspecified atom stereocenters. The summed E-state index contributed by atoms with van der Waals surface area (Å²) >= 11 is 0. The summed E-state index contributed by atoms with van der Waals surface area (Å²) in [5.74, 6) is 1.50. The van der Waals surface area contributed by atoms with Gasteiger partial charge in [-0.2, -0.15) is 10.5 Å². The smallest absolute Gasteiger partial charge is 0.305 e. The van der Waals surface area contributed by atoms with Crippen LogP contribution in [0.1, 0.15) is 106 Å². The molecule has 2 aromatic rings. The Balaban J connectivity index is 2.65. The third-order valence-corrected chi connectivity index (χ3v) is 6.81. The predicted octanol–water partition coefficient (Wildman–Crippen LogP) is 7.12. The van der Waals surface area contributed by atoms with Crippen LogP contribution in [0.4, 0.5) is 0 Å². The van der Waals surface area contributed by atoms with Gasteiger partial charge in [0.05, 0.1) is 47.0 Å². The van der Waals surface area contributed by atoms with Gasteiger partial charge in [-0.1, -0.05) is 26.7 Å². The van der Waals surface area contributed by atoms with Crippen LogP contribution in [0.15, 0.2) is 21.2 Å². The van der Waals surface area contributed by atoms with Crippen LogP contribution in [-0.2, 0) is 10.8 Å². The van der Waals surface area contributed by atoms with E-state index < -0.39 is 21.7 Å². The van der Waals surface area contributed by atoms with E-state index in [9.17, 15) is 10.5 Å². The number of hydrogen-bond donors (Lipinski definition) is 0. The molecule has 0 bridgehead atoms. The van der Waals surface area contributed by atoms with Crippen molar-refractivity contribution < 1.29 is 18.3 Å². The Labute approximate surface area is 216 Å². The highest BCUT2D eigenvalue weighted by Gasteiger charge is 2.57. The molecule has 0 amide bonds. The van der Waals surface area contributed by atoms with Crippen LogP contribution in [0, 0.1) is 33.5 Å². The van der Waals surface area contributed by atoms with Gasteiger partial charge in [0.2, 0.25) is 11.8 Å². The van der Waals surface area contributed by atoms with Crippen LogP contribution in [0.25, 0.3) is 0 Å². The lowest BCUT2D eigenvalue weighted by Gasteiger charge is -2.46. The molecule has 2 heterocycles. The molecule has 198 valence electrons. The van der Waals surface area contributed by atoms with E-state index >= 15 is 0 Å². The Hall–Kier alpha value is -3.00. The first kappa shape index (κ1) is 29.2. The van der Waals surface area contributed by atoms with Crippen molar-refractivity contribution in [2.24, 2.45) is 10.8 Å². The van der Waals surface area contributed by atoms with Crippen LogP contribution in [0.2, 0.25) is 0 Å². The summed E-state index contributed by atoms with van der Waals surface area (Å²) in [6.07, 6.45) is 7.74. The first-order chi connectivity index (χ1) is 16.9. The van der Waals surface area contributed by atoms with Crippen LogP contribution in [0.5, 0.6) is 11.9 Å². The average molecular weight is 499 g/mol. The van der Waals surface area contributed by atoms with E-state index in [4.69, 9.17) is 18.3 Å². The SMILES string of the molecule is CCCCOc1cnc(C(C)(CC(C)(C)C#N)C(C)(CC(C)(C)C#N)c2ncc(OCCCC)o2)o1. The van der Waals surface area contributed by atoms with Gasteiger partial charge >= 0.3 is 11.9 Å². The topological polar surface area (TPSA) is 118 Å². The average Bonchev–Trinajstić information content (AvgIpc) is 3.49. The molecule has 2 rings (SSSR count). The van der Waals surface area contributed by atoms with Crippen molar-refractivity contribution in [2.75, 3.05) is 13.2 Å². The lowest BCUT2D eigenvalue weighted by atomic mass is 9.55. The van der Waals surface area contributed by atoms with Gasteiger partial charge in [-0.25, -0.2) is 9.97 Å². The molecule has 36 heavy (non-hydrogen) atoms. The summed E-state index contributed by atoms with van der Waals surface area (Å²) in [5, 5.41) is 19.9. The molecule has 8 heteroatoms. The summed E-state index contributed by atoms with van der Waals surface area (Å²) < 4.78 is 23.9. The fraction of sp³-hybridized carbons (Fsp3) is 0.714. The molecular formula is C28H42N4O4. The van der Waals surface area contributed by atoms with Crippen LogP contribution < -0.4 is 9.47 Å². The first-order valence-corrected chi connectivity index (χ1v) is 12.9. The number of rotatable bonds is 15. The monoisotopic (exact) mass is 498 g/mol. The maximum Gasteiger partial charge on any atom is 0.305 e. The molecular weight excluding hydrogens is 456 g/mol. The van der Waals surface area contributed by atoms with Crippen molar-refractivity contribution in [1.29, 1.82) is 10.5 Å². The summed E-state index contributed by atoms with van der Waals surface area (Å²) in [4.78, 5) is 9.23. The Bertz CT molecular complexity index is 974. The molecule has 0 saturated carbocycles. The number of ether oxygens (including phenoxy) is 2. The van der Waals surface area contributed by atoms with Crippen molar-refractivity contribution >= 4 is 0 Å². The van der Waals surface area contributed by atoms with Crippen LogP contribution >= 0.6 is 0 Å². The first-order valence-electron chi connectivity index (χ1n) is 12.9. The zero-order chi connectivity index (χ0) is 27.0. The number of unbranched alkanes of at least 4 members (excludes halogenated alkanes) is 2. The highest BCUT2D eigenvalue weighted by Crippen LogP contribution is 2.55. The minimum Gasteiger partial charge on any atom is -0.464 e. The zero-order valence-corrected chi connectivity index (χ0v) is 23.2. The standard InChI is InChI=1S/C28H42N4O4/c1-9-11-13-33-21-15-31-23(35-21)27(7,17-25(3,4)19-29)28(8,18-26(5,6)20-30)24-32-16-22(36-24)34-14-12-10-2/h15-16H,9-14,17-18H2,1-8H3. The van der Waals surface area contributed by atoms with Gasteiger partial charge in [0.25, 0.3) is 0 Å². The largest absolute Gasteiger partial charge is 0.464 e. The number of oxazole rings is 2. The molecule has 0 fully saturated rings. The molecule has 0 aliphatic rings. The molecule has 0 radical (unpaired) electrons. The van der Waals surface area contributed by atoms with Crippen LogP contribution in [0.3, 0.4) is 0 Å². The molecule has 2 aromatic heterocycles.